The zero-order valence-electron chi connectivity index (χ0n) is 11.4. The third kappa shape index (κ3) is 3.18. The number of hydrogen-bond donors (Lipinski definition) is 1. The summed E-state index contributed by atoms with van der Waals surface area (Å²) in [5.74, 6) is 6.21. The number of amides is 1. The number of aliphatic hydroxyl groups is 1. The largest absolute Gasteiger partial charge is 0.467 e. The van der Waals surface area contributed by atoms with Gasteiger partial charge in [-0.25, -0.2) is 0 Å². The van der Waals surface area contributed by atoms with Crippen molar-refractivity contribution < 1.29 is 14.3 Å². The van der Waals surface area contributed by atoms with Crippen LogP contribution in [0.5, 0.6) is 0 Å². The lowest BCUT2D eigenvalue weighted by Crippen LogP contribution is -2.32. The maximum absolute atomic E-state index is 12.8. The topological polar surface area (TPSA) is 53.7 Å². The molecule has 0 radical (unpaired) electrons. The minimum atomic E-state index is -0.206. The summed E-state index contributed by atoms with van der Waals surface area (Å²) in [5.41, 5.74) is 0.684. The fraction of sp³-hybridized carbons (Fsp3) is 0.312. The van der Waals surface area contributed by atoms with Crippen LogP contribution >= 0.6 is 11.3 Å². The number of nitrogens with zero attached hydrogens (tertiary/aromatic N) is 1. The number of carbonyl (C=O) groups excluding carboxylic acids is 1. The van der Waals surface area contributed by atoms with Gasteiger partial charge >= 0.3 is 0 Å². The molecule has 1 N–H and O–H groups in total. The van der Waals surface area contributed by atoms with Gasteiger partial charge in [-0.1, -0.05) is 11.8 Å². The van der Waals surface area contributed by atoms with Gasteiger partial charge in [0.15, 0.2) is 0 Å². The van der Waals surface area contributed by atoms with E-state index >= 15 is 0 Å². The van der Waals surface area contributed by atoms with Gasteiger partial charge in [-0.3, -0.25) is 4.79 Å². The Morgan fingerprint density at radius 2 is 2.33 bits per heavy atom. The van der Waals surface area contributed by atoms with Crippen molar-refractivity contribution in [1.82, 2.24) is 4.90 Å². The van der Waals surface area contributed by atoms with Crippen LogP contribution in [0.2, 0.25) is 0 Å². The minimum Gasteiger partial charge on any atom is -0.467 e. The van der Waals surface area contributed by atoms with Crippen LogP contribution in [-0.4, -0.2) is 28.6 Å². The van der Waals surface area contributed by atoms with Crippen LogP contribution in [0.3, 0.4) is 0 Å². The molecule has 1 saturated carbocycles. The Kier molecular flexibility index (Phi) is 4.09. The molecule has 0 saturated heterocycles. The summed E-state index contributed by atoms with van der Waals surface area (Å²) in [7, 11) is 0. The van der Waals surface area contributed by atoms with E-state index < -0.39 is 0 Å². The summed E-state index contributed by atoms with van der Waals surface area (Å²) in [6.45, 7) is 0.281. The van der Waals surface area contributed by atoms with Crippen LogP contribution < -0.4 is 0 Å². The van der Waals surface area contributed by atoms with Gasteiger partial charge in [0, 0.05) is 11.6 Å². The van der Waals surface area contributed by atoms with Crippen LogP contribution in [-0.2, 0) is 6.54 Å². The van der Waals surface area contributed by atoms with E-state index in [4.69, 9.17) is 9.52 Å². The van der Waals surface area contributed by atoms with E-state index in [9.17, 15) is 4.79 Å². The molecule has 1 fully saturated rings. The van der Waals surface area contributed by atoms with E-state index in [0.29, 0.717) is 23.0 Å². The first-order valence-corrected chi connectivity index (χ1v) is 7.68. The number of carbonyl (C=O) groups is 1. The second-order valence-corrected chi connectivity index (χ2v) is 5.78. The number of hydrogen-bond acceptors (Lipinski definition) is 4. The second-order valence-electron chi connectivity index (χ2n) is 4.87. The van der Waals surface area contributed by atoms with E-state index in [0.717, 1.165) is 18.6 Å². The molecule has 0 bridgehead atoms. The van der Waals surface area contributed by atoms with Crippen LogP contribution in [0.4, 0.5) is 0 Å². The van der Waals surface area contributed by atoms with Gasteiger partial charge in [0.2, 0.25) is 0 Å². The smallest absolute Gasteiger partial charge is 0.265 e. The molecule has 1 aliphatic rings. The van der Waals surface area contributed by atoms with Crippen molar-refractivity contribution in [2.24, 2.45) is 0 Å². The number of rotatable bonds is 4. The van der Waals surface area contributed by atoms with E-state index in [-0.39, 0.29) is 12.5 Å². The standard InChI is InChI=1S/C16H15NO3S/c18-8-1-3-12-7-10-21-15(12)16(19)17(13-5-6-13)11-14-4-2-9-20-14/h2,4,7,9-10,13,18H,5-6,8,11H2. The van der Waals surface area contributed by atoms with Gasteiger partial charge in [0.1, 0.15) is 17.2 Å². The summed E-state index contributed by atoms with van der Waals surface area (Å²) in [6.07, 6.45) is 3.69. The highest BCUT2D eigenvalue weighted by Gasteiger charge is 2.34. The third-order valence-electron chi connectivity index (χ3n) is 3.32. The van der Waals surface area contributed by atoms with Crippen LogP contribution in [0, 0.1) is 11.8 Å². The molecule has 0 spiro atoms. The van der Waals surface area contributed by atoms with Gasteiger partial charge < -0.3 is 14.4 Å². The molecule has 0 aliphatic heterocycles. The summed E-state index contributed by atoms with van der Waals surface area (Å²) in [5, 5.41) is 10.6. The monoisotopic (exact) mass is 301 g/mol. The summed E-state index contributed by atoms with van der Waals surface area (Å²) in [6, 6.07) is 5.82. The van der Waals surface area contributed by atoms with Gasteiger partial charge in [-0.15, -0.1) is 11.3 Å². The Morgan fingerprint density at radius 3 is 3.00 bits per heavy atom. The van der Waals surface area contributed by atoms with E-state index in [1.54, 1.807) is 6.26 Å². The first-order valence-electron chi connectivity index (χ1n) is 6.80. The summed E-state index contributed by atoms with van der Waals surface area (Å²) in [4.78, 5) is 15.3. The first-order chi connectivity index (χ1) is 10.3. The molecule has 1 aliphatic carbocycles. The molecule has 2 heterocycles. The highest BCUT2D eigenvalue weighted by Crippen LogP contribution is 2.31. The quantitative estimate of drug-likeness (QED) is 0.883. The van der Waals surface area contributed by atoms with Crippen molar-refractivity contribution in [3.05, 3.63) is 46.0 Å². The van der Waals surface area contributed by atoms with Crippen molar-refractivity contribution in [3.8, 4) is 11.8 Å². The van der Waals surface area contributed by atoms with Crippen molar-refractivity contribution in [2.75, 3.05) is 6.61 Å². The van der Waals surface area contributed by atoms with Crippen LogP contribution in [0.1, 0.15) is 33.8 Å². The molecule has 0 unspecified atom stereocenters. The summed E-state index contributed by atoms with van der Waals surface area (Å²) < 4.78 is 5.35. The lowest BCUT2D eigenvalue weighted by molar-refractivity contribution is 0.0722. The molecule has 108 valence electrons. The molecule has 4 nitrogen and oxygen atoms in total. The Labute approximate surface area is 127 Å². The van der Waals surface area contributed by atoms with Crippen molar-refractivity contribution in [1.29, 1.82) is 0 Å². The maximum Gasteiger partial charge on any atom is 0.265 e. The van der Waals surface area contributed by atoms with E-state index in [1.165, 1.54) is 11.3 Å². The van der Waals surface area contributed by atoms with Gasteiger partial charge in [0.25, 0.3) is 5.91 Å². The third-order valence-corrected chi connectivity index (χ3v) is 4.22. The Bertz CT molecular complexity index is 674. The molecule has 5 heteroatoms. The summed E-state index contributed by atoms with van der Waals surface area (Å²) >= 11 is 1.39. The zero-order chi connectivity index (χ0) is 14.7. The molecular weight excluding hydrogens is 286 g/mol. The fourth-order valence-electron chi connectivity index (χ4n) is 2.16. The van der Waals surface area contributed by atoms with Gasteiger partial charge in [-0.05, 0) is 36.4 Å². The normalized spacial score (nSPS) is 13.6. The van der Waals surface area contributed by atoms with Crippen molar-refractivity contribution in [2.45, 2.75) is 25.4 Å². The highest BCUT2D eigenvalue weighted by atomic mass is 32.1. The maximum atomic E-state index is 12.8. The molecule has 0 atom stereocenters. The average molecular weight is 301 g/mol. The number of aliphatic hydroxyl groups excluding tert-OH is 1. The van der Waals surface area contributed by atoms with Gasteiger partial charge in [-0.2, -0.15) is 0 Å². The lowest BCUT2D eigenvalue weighted by Gasteiger charge is -2.20. The minimum absolute atomic E-state index is 0.00820. The van der Waals surface area contributed by atoms with Crippen molar-refractivity contribution in [3.63, 3.8) is 0 Å². The second kappa shape index (κ2) is 6.17. The van der Waals surface area contributed by atoms with E-state index in [1.807, 2.05) is 28.5 Å². The fourth-order valence-corrected chi connectivity index (χ4v) is 2.97. The zero-order valence-corrected chi connectivity index (χ0v) is 12.2. The van der Waals surface area contributed by atoms with Crippen LogP contribution in [0.25, 0.3) is 0 Å². The number of furan rings is 1. The average Bonchev–Trinajstić information content (AvgIpc) is 3.02. The number of thiophene rings is 1. The molecule has 1 amide bonds. The molecule has 2 aromatic heterocycles. The molecule has 21 heavy (non-hydrogen) atoms. The Morgan fingerprint density at radius 1 is 1.48 bits per heavy atom. The van der Waals surface area contributed by atoms with Gasteiger partial charge in [0.05, 0.1) is 12.8 Å². The molecular formula is C16H15NO3S. The Hall–Kier alpha value is -2.03. The Balaban J connectivity index is 1.83. The SMILES string of the molecule is O=C(c1sccc1C#CCO)N(Cc1ccco1)C1CC1. The lowest BCUT2D eigenvalue weighted by atomic mass is 10.2. The van der Waals surface area contributed by atoms with Crippen molar-refractivity contribution >= 4 is 17.2 Å². The predicted octanol–water partition coefficient (Wildman–Crippen LogP) is 2.49. The predicted molar refractivity (Wildman–Crippen MR) is 79.9 cm³/mol. The molecule has 3 rings (SSSR count). The highest BCUT2D eigenvalue weighted by molar-refractivity contribution is 7.12. The molecule has 0 aromatic carbocycles. The van der Waals surface area contributed by atoms with E-state index in [2.05, 4.69) is 11.8 Å². The van der Waals surface area contributed by atoms with Crippen LogP contribution in [0.15, 0.2) is 34.3 Å². The molecule has 2 aromatic rings. The first kappa shape index (κ1) is 13.9.